The van der Waals surface area contributed by atoms with Gasteiger partial charge >= 0.3 is 0 Å². The lowest BCUT2D eigenvalue weighted by atomic mass is 9.84. The van der Waals surface area contributed by atoms with Gasteiger partial charge in [-0.3, -0.25) is 9.69 Å². The van der Waals surface area contributed by atoms with E-state index in [-0.39, 0.29) is 18.1 Å². The molecule has 0 aromatic carbocycles. The third kappa shape index (κ3) is 1.93. The van der Waals surface area contributed by atoms with Gasteiger partial charge in [0.1, 0.15) is 6.61 Å². The molecule has 3 fully saturated rings. The zero-order valence-electron chi connectivity index (χ0n) is 10.9. The Hall–Kier alpha value is -0.690. The van der Waals surface area contributed by atoms with Crippen molar-refractivity contribution in [3.63, 3.8) is 0 Å². The first-order valence-electron chi connectivity index (χ1n) is 6.57. The number of ether oxygens (including phenoxy) is 2. The monoisotopic (exact) mass is 255 g/mol. The first-order valence-corrected chi connectivity index (χ1v) is 6.57. The highest BCUT2D eigenvalue weighted by Crippen LogP contribution is 2.31. The maximum absolute atomic E-state index is 12.0. The first kappa shape index (κ1) is 12.3. The van der Waals surface area contributed by atoms with E-state index in [4.69, 9.17) is 9.47 Å². The van der Waals surface area contributed by atoms with E-state index in [1.165, 1.54) is 0 Å². The average molecular weight is 255 g/mol. The summed E-state index contributed by atoms with van der Waals surface area (Å²) in [5, 5.41) is 3.34. The van der Waals surface area contributed by atoms with Gasteiger partial charge in [-0.2, -0.15) is 0 Å². The Bertz CT molecular complexity index is 333. The van der Waals surface area contributed by atoms with Gasteiger partial charge in [-0.25, -0.2) is 0 Å². The number of methoxy groups -OCH3 is 1. The fraction of sp³-hybridized carbons (Fsp3) is 0.917. The number of rotatable bonds is 2. The second kappa shape index (κ2) is 4.77. The van der Waals surface area contributed by atoms with Crippen LogP contribution in [0.5, 0.6) is 0 Å². The highest BCUT2D eigenvalue weighted by Gasteiger charge is 2.51. The van der Waals surface area contributed by atoms with Crippen LogP contribution in [0.15, 0.2) is 0 Å². The summed E-state index contributed by atoms with van der Waals surface area (Å²) in [7, 11) is 1.57. The van der Waals surface area contributed by atoms with Crippen LogP contribution in [0.25, 0.3) is 0 Å². The highest BCUT2D eigenvalue weighted by atomic mass is 16.5. The van der Waals surface area contributed by atoms with Gasteiger partial charge < -0.3 is 19.7 Å². The molecule has 1 spiro atoms. The smallest absolute Gasteiger partial charge is 0.248 e. The number of nitrogens with one attached hydrogen (secondary N) is 1. The summed E-state index contributed by atoms with van der Waals surface area (Å²) < 4.78 is 10.5. The van der Waals surface area contributed by atoms with Crippen molar-refractivity contribution in [3.05, 3.63) is 0 Å². The number of morpholine rings is 1. The van der Waals surface area contributed by atoms with Crippen molar-refractivity contribution >= 4 is 5.91 Å². The highest BCUT2D eigenvalue weighted by molar-refractivity contribution is 5.77. The van der Waals surface area contributed by atoms with Crippen molar-refractivity contribution in [2.24, 2.45) is 0 Å². The lowest BCUT2D eigenvalue weighted by Gasteiger charge is -2.60. The summed E-state index contributed by atoms with van der Waals surface area (Å²) in [4.78, 5) is 16.5. The van der Waals surface area contributed by atoms with Crippen LogP contribution in [0.3, 0.4) is 0 Å². The van der Waals surface area contributed by atoms with Gasteiger partial charge in [-0.1, -0.05) is 0 Å². The second-order valence-electron chi connectivity index (χ2n) is 5.46. The van der Waals surface area contributed by atoms with Gasteiger partial charge in [-0.05, 0) is 0 Å². The van der Waals surface area contributed by atoms with Crippen molar-refractivity contribution in [1.29, 1.82) is 0 Å². The molecule has 3 aliphatic rings. The van der Waals surface area contributed by atoms with E-state index in [2.05, 4.69) is 10.2 Å². The minimum atomic E-state index is 0.0917. The fourth-order valence-corrected chi connectivity index (χ4v) is 3.33. The summed E-state index contributed by atoms with van der Waals surface area (Å²) in [5.41, 5.74) is 0.135. The van der Waals surface area contributed by atoms with Gasteiger partial charge in [0.05, 0.1) is 24.8 Å². The summed E-state index contributed by atoms with van der Waals surface area (Å²) in [6, 6.07) is 0.343. The molecule has 3 saturated heterocycles. The number of hydrogen-bond donors (Lipinski definition) is 1. The fourth-order valence-electron chi connectivity index (χ4n) is 3.33. The van der Waals surface area contributed by atoms with Gasteiger partial charge in [0, 0.05) is 39.8 Å². The van der Waals surface area contributed by atoms with Crippen LogP contribution in [0.4, 0.5) is 0 Å². The van der Waals surface area contributed by atoms with Crippen LogP contribution >= 0.6 is 0 Å². The van der Waals surface area contributed by atoms with E-state index >= 15 is 0 Å². The van der Waals surface area contributed by atoms with Crippen molar-refractivity contribution in [1.82, 2.24) is 15.1 Å². The van der Waals surface area contributed by atoms with Crippen molar-refractivity contribution in [3.8, 4) is 0 Å². The minimum absolute atomic E-state index is 0.0917. The molecule has 1 unspecified atom stereocenters. The molecule has 18 heavy (non-hydrogen) atoms. The van der Waals surface area contributed by atoms with Crippen LogP contribution < -0.4 is 5.32 Å². The molecule has 6 nitrogen and oxygen atoms in total. The largest absolute Gasteiger partial charge is 0.378 e. The van der Waals surface area contributed by atoms with E-state index in [1.807, 2.05) is 4.90 Å². The quantitative estimate of drug-likeness (QED) is 0.652. The molecule has 6 heteroatoms. The summed E-state index contributed by atoms with van der Waals surface area (Å²) >= 11 is 0. The summed E-state index contributed by atoms with van der Waals surface area (Å²) in [6.07, 6.45) is 0. The Morgan fingerprint density at radius 1 is 1.56 bits per heavy atom. The molecule has 3 heterocycles. The van der Waals surface area contributed by atoms with Gasteiger partial charge in [-0.15, -0.1) is 0 Å². The summed E-state index contributed by atoms with van der Waals surface area (Å²) in [6.45, 7) is 6.24. The molecule has 3 aliphatic heterocycles. The van der Waals surface area contributed by atoms with Crippen molar-refractivity contribution in [2.75, 3.05) is 59.7 Å². The molecular weight excluding hydrogens is 234 g/mol. The molecule has 102 valence electrons. The molecule has 0 aliphatic carbocycles. The van der Waals surface area contributed by atoms with Crippen LogP contribution in [-0.2, 0) is 14.3 Å². The molecule has 1 amide bonds. The number of fused-ring (bicyclic) bond motifs is 2. The Balaban J connectivity index is 1.75. The van der Waals surface area contributed by atoms with Crippen LogP contribution in [0.2, 0.25) is 0 Å². The number of amides is 1. The number of carbonyl (C=O) groups excluding carboxylic acids is 1. The SMILES string of the molecule is COCC(=O)N1CC2COCCN2C2(CNC2)C1. The van der Waals surface area contributed by atoms with Crippen molar-refractivity contribution in [2.45, 2.75) is 11.6 Å². The minimum Gasteiger partial charge on any atom is -0.378 e. The third-order valence-corrected chi connectivity index (χ3v) is 4.28. The van der Waals surface area contributed by atoms with E-state index < -0.39 is 0 Å². The van der Waals surface area contributed by atoms with Crippen LogP contribution in [0.1, 0.15) is 0 Å². The predicted molar refractivity (Wildman–Crippen MR) is 65.4 cm³/mol. The summed E-state index contributed by atoms with van der Waals surface area (Å²) in [5.74, 6) is 0.0917. The molecule has 1 atom stereocenters. The Kier molecular flexibility index (Phi) is 3.27. The predicted octanol–water partition coefficient (Wildman–Crippen LogP) is -1.48. The van der Waals surface area contributed by atoms with E-state index in [0.29, 0.717) is 6.04 Å². The van der Waals surface area contributed by atoms with Crippen LogP contribution in [0, 0.1) is 0 Å². The van der Waals surface area contributed by atoms with Crippen molar-refractivity contribution < 1.29 is 14.3 Å². The average Bonchev–Trinajstić information content (AvgIpc) is 2.35. The zero-order valence-corrected chi connectivity index (χ0v) is 10.9. The lowest BCUT2D eigenvalue weighted by molar-refractivity contribution is -0.158. The Labute approximate surface area is 107 Å². The molecule has 3 rings (SSSR count). The number of nitrogens with zero attached hydrogens (tertiary/aromatic N) is 2. The first-order chi connectivity index (χ1) is 8.75. The maximum Gasteiger partial charge on any atom is 0.248 e. The second-order valence-corrected chi connectivity index (χ2v) is 5.46. The molecule has 0 aromatic rings. The Morgan fingerprint density at radius 2 is 2.39 bits per heavy atom. The molecule has 1 N–H and O–H groups in total. The molecular formula is C12H21N3O3. The van der Waals surface area contributed by atoms with Crippen LogP contribution in [-0.4, -0.2) is 86.9 Å². The maximum atomic E-state index is 12.0. The van der Waals surface area contributed by atoms with Gasteiger partial charge in [0.25, 0.3) is 0 Å². The van der Waals surface area contributed by atoms with Gasteiger partial charge in [0.2, 0.25) is 5.91 Å². The van der Waals surface area contributed by atoms with E-state index in [1.54, 1.807) is 7.11 Å². The Morgan fingerprint density at radius 3 is 3.06 bits per heavy atom. The zero-order chi connectivity index (χ0) is 12.6. The number of carbonyl (C=O) groups is 1. The molecule has 0 aromatic heterocycles. The number of piperazine rings is 1. The molecule has 0 saturated carbocycles. The normalized spacial score (nSPS) is 30.9. The topological polar surface area (TPSA) is 54.0 Å². The standard InChI is InChI=1S/C12H21N3O3/c1-17-6-11(16)14-4-10-5-18-3-2-15(10)12(9-14)7-13-8-12/h10,13H,2-9H2,1H3. The van der Waals surface area contributed by atoms with E-state index in [9.17, 15) is 4.79 Å². The molecule has 0 bridgehead atoms. The van der Waals surface area contributed by atoms with Gasteiger partial charge in [0.15, 0.2) is 0 Å². The van der Waals surface area contributed by atoms with E-state index in [0.717, 1.165) is 45.9 Å². The molecule has 0 radical (unpaired) electrons. The number of hydrogen-bond acceptors (Lipinski definition) is 5. The third-order valence-electron chi connectivity index (χ3n) is 4.28. The lowest BCUT2D eigenvalue weighted by Crippen LogP contribution is -2.80.